The number of guanidine groups is 1. The monoisotopic (exact) mass is 292 g/mol. The molecule has 2 N–H and O–H groups in total. The fourth-order valence-corrected chi connectivity index (χ4v) is 2.49. The second-order valence-electron chi connectivity index (χ2n) is 4.32. The Morgan fingerprint density at radius 1 is 1.45 bits per heavy atom. The van der Waals surface area contributed by atoms with Crippen molar-refractivity contribution in [1.82, 2.24) is 25.4 Å². The molecule has 2 aromatic heterocycles. The number of aryl methyl sites for hydroxylation is 2. The summed E-state index contributed by atoms with van der Waals surface area (Å²) >= 11 is 1.70. The lowest BCUT2D eigenvalue weighted by Gasteiger charge is -2.10. The van der Waals surface area contributed by atoms with Crippen LogP contribution in [0.15, 0.2) is 29.6 Å². The van der Waals surface area contributed by atoms with Crippen LogP contribution >= 0.6 is 11.3 Å². The summed E-state index contributed by atoms with van der Waals surface area (Å²) in [6.07, 6.45) is 6.67. The molecule has 0 aromatic carbocycles. The van der Waals surface area contributed by atoms with Crippen LogP contribution < -0.4 is 10.6 Å². The van der Waals surface area contributed by atoms with Crippen LogP contribution in [0.2, 0.25) is 0 Å². The zero-order valence-corrected chi connectivity index (χ0v) is 12.7. The summed E-state index contributed by atoms with van der Waals surface area (Å²) in [6.45, 7) is 4.53. The third-order valence-electron chi connectivity index (χ3n) is 2.74. The van der Waals surface area contributed by atoms with E-state index in [9.17, 15) is 0 Å². The average Bonchev–Trinajstić information content (AvgIpc) is 3.09. The molecule has 0 fully saturated rings. The molecular formula is C13H20N6S. The molecule has 0 aliphatic rings. The third kappa shape index (κ3) is 4.65. The molecule has 0 aliphatic heterocycles. The number of aliphatic imine (C=N–C) groups is 1. The van der Waals surface area contributed by atoms with E-state index >= 15 is 0 Å². The Morgan fingerprint density at radius 3 is 3.00 bits per heavy atom. The van der Waals surface area contributed by atoms with Crippen molar-refractivity contribution in [2.24, 2.45) is 4.99 Å². The van der Waals surface area contributed by atoms with Crippen LogP contribution in [-0.2, 0) is 13.1 Å². The van der Waals surface area contributed by atoms with Crippen molar-refractivity contribution in [1.29, 1.82) is 0 Å². The van der Waals surface area contributed by atoms with Crippen LogP contribution in [0.5, 0.6) is 0 Å². The Kier molecular flexibility index (Phi) is 5.55. The molecule has 0 spiro atoms. The Labute approximate surface area is 123 Å². The molecule has 0 saturated heterocycles. The first-order valence-electron chi connectivity index (χ1n) is 6.61. The molecule has 0 bridgehead atoms. The second-order valence-corrected chi connectivity index (χ2v) is 5.64. The number of nitrogens with zero attached hydrogens (tertiary/aromatic N) is 4. The van der Waals surface area contributed by atoms with E-state index in [4.69, 9.17) is 0 Å². The van der Waals surface area contributed by atoms with Crippen molar-refractivity contribution in [2.75, 3.05) is 13.6 Å². The van der Waals surface area contributed by atoms with Crippen LogP contribution in [0, 0.1) is 6.92 Å². The number of aromatic nitrogens is 3. The first kappa shape index (κ1) is 14.5. The molecule has 0 radical (unpaired) electrons. The fraction of sp³-hybridized carbons (Fsp3) is 0.462. The molecule has 2 heterocycles. The summed E-state index contributed by atoms with van der Waals surface area (Å²) in [7, 11) is 1.78. The van der Waals surface area contributed by atoms with Gasteiger partial charge in [-0.05, 0) is 19.4 Å². The zero-order valence-electron chi connectivity index (χ0n) is 11.8. The number of hydrogen-bond donors (Lipinski definition) is 2. The summed E-state index contributed by atoms with van der Waals surface area (Å²) in [5, 5.41) is 11.8. The molecule has 0 amide bonds. The first-order valence-corrected chi connectivity index (χ1v) is 7.43. The minimum Gasteiger partial charge on any atom is -0.356 e. The highest BCUT2D eigenvalue weighted by Gasteiger charge is 2.00. The quantitative estimate of drug-likeness (QED) is 0.480. The number of rotatable bonds is 6. The molecule has 0 aliphatic carbocycles. The van der Waals surface area contributed by atoms with Crippen molar-refractivity contribution < 1.29 is 0 Å². The molecular weight excluding hydrogens is 272 g/mol. The number of hydrogen-bond acceptors (Lipinski definition) is 4. The average molecular weight is 292 g/mol. The maximum Gasteiger partial charge on any atom is 0.191 e. The lowest BCUT2D eigenvalue weighted by Crippen LogP contribution is -2.37. The van der Waals surface area contributed by atoms with Crippen LogP contribution in [0.3, 0.4) is 0 Å². The van der Waals surface area contributed by atoms with Crippen molar-refractivity contribution in [3.05, 3.63) is 34.5 Å². The van der Waals surface area contributed by atoms with Crippen LogP contribution in [-0.4, -0.2) is 34.3 Å². The van der Waals surface area contributed by atoms with Gasteiger partial charge < -0.3 is 10.6 Å². The normalized spacial score (nSPS) is 11.6. The smallest absolute Gasteiger partial charge is 0.191 e. The van der Waals surface area contributed by atoms with Gasteiger partial charge in [-0.2, -0.15) is 5.10 Å². The van der Waals surface area contributed by atoms with E-state index in [1.165, 1.54) is 4.88 Å². The Hall–Kier alpha value is -1.89. The second kappa shape index (κ2) is 7.64. The van der Waals surface area contributed by atoms with Gasteiger partial charge in [-0.15, -0.1) is 11.3 Å². The van der Waals surface area contributed by atoms with E-state index in [2.05, 4.69) is 25.7 Å². The minimum atomic E-state index is 0.754. The highest BCUT2D eigenvalue weighted by atomic mass is 32.1. The van der Waals surface area contributed by atoms with Gasteiger partial charge in [0.25, 0.3) is 0 Å². The molecule has 2 aromatic rings. The van der Waals surface area contributed by atoms with Gasteiger partial charge in [0.1, 0.15) is 0 Å². The van der Waals surface area contributed by atoms with Gasteiger partial charge in [0.2, 0.25) is 0 Å². The molecule has 2 rings (SSSR count). The minimum absolute atomic E-state index is 0.754. The Morgan fingerprint density at radius 2 is 2.35 bits per heavy atom. The standard InChI is InChI=1S/C13H20N6S/c1-11-16-9-12(20-11)10-17-13(14-2)15-5-3-7-19-8-4-6-18-19/h4,6,8-9H,3,5,7,10H2,1-2H3,(H2,14,15,17). The van der Waals surface area contributed by atoms with Gasteiger partial charge in [-0.25, -0.2) is 4.98 Å². The van der Waals surface area contributed by atoms with E-state index in [0.29, 0.717) is 0 Å². The highest BCUT2D eigenvalue weighted by molar-refractivity contribution is 7.11. The fourth-order valence-electron chi connectivity index (χ4n) is 1.76. The zero-order chi connectivity index (χ0) is 14.2. The maximum atomic E-state index is 4.23. The molecule has 7 heteroatoms. The van der Waals surface area contributed by atoms with Gasteiger partial charge >= 0.3 is 0 Å². The lowest BCUT2D eigenvalue weighted by atomic mass is 10.4. The van der Waals surface area contributed by atoms with Crippen LogP contribution in [0.25, 0.3) is 0 Å². The van der Waals surface area contributed by atoms with E-state index in [0.717, 1.165) is 37.0 Å². The SMILES string of the molecule is CN=C(NCCCn1cccn1)NCc1cnc(C)s1. The highest BCUT2D eigenvalue weighted by Crippen LogP contribution is 2.10. The predicted molar refractivity (Wildman–Crippen MR) is 81.9 cm³/mol. The molecule has 0 unspecified atom stereocenters. The predicted octanol–water partition coefficient (Wildman–Crippen LogP) is 1.40. The van der Waals surface area contributed by atoms with Gasteiger partial charge in [0.05, 0.1) is 11.6 Å². The topological polar surface area (TPSA) is 67.1 Å². The summed E-state index contributed by atoms with van der Waals surface area (Å²) in [5.74, 6) is 0.816. The van der Waals surface area contributed by atoms with Crippen molar-refractivity contribution in [3.8, 4) is 0 Å². The van der Waals surface area contributed by atoms with Crippen LogP contribution in [0.1, 0.15) is 16.3 Å². The van der Waals surface area contributed by atoms with Gasteiger partial charge in [0.15, 0.2) is 5.96 Å². The first-order chi connectivity index (χ1) is 9.78. The third-order valence-corrected chi connectivity index (χ3v) is 3.65. The van der Waals surface area contributed by atoms with E-state index < -0.39 is 0 Å². The van der Waals surface area contributed by atoms with Crippen molar-refractivity contribution >= 4 is 17.3 Å². The van der Waals surface area contributed by atoms with Crippen molar-refractivity contribution in [2.45, 2.75) is 26.4 Å². The van der Waals surface area contributed by atoms with E-state index in [1.54, 1.807) is 24.6 Å². The maximum absolute atomic E-state index is 4.23. The molecule has 6 nitrogen and oxygen atoms in total. The van der Waals surface area contributed by atoms with Crippen molar-refractivity contribution in [3.63, 3.8) is 0 Å². The molecule has 108 valence electrons. The van der Waals surface area contributed by atoms with Crippen LogP contribution in [0.4, 0.5) is 0 Å². The van der Waals surface area contributed by atoms with E-state index in [-0.39, 0.29) is 0 Å². The summed E-state index contributed by atoms with van der Waals surface area (Å²) in [6, 6.07) is 1.94. The van der Waals surface area contributed by atoms with Gasteiger partial charge in [-0.3, -0.25) is 9.67 Å². The number of thiazole rings is 1. The Balaban J connectivity index is 1.65. The van der Waals surface area contributed by atoms with Gasteiger partial charge in [-0.1, -0.05) is 0 Å². The van der Waals surface area contributed by atoms with Gasteiger partial charge in [0, 0.05) is 43.6 Å². The summed E-state index contributed by atoms with van der Waals surface area (Å²) in [5.41, 5.74) is 0. The summed E-state index contributed by atoms with van der Waals surface area (Å²) < 4.78 is 1.93. The molecule has 0 atom stereocenters. The Bertz CT molecular complexity index is 531. The number of nitrogens with one attached hydrogen (secondary N) is 2. The molecule has 20 heavy (non-hydrogen) atoms. The van der Waals surface area contributed by atoms with E-state index in [1.807, 2.05) is 30.1 Å². The largest absolute Gasteiger partial charge is 0.356 e. The summed E-state index contributed by atoms with van der Waals surface area (Å²) in [4.78, 5) is 9.64. The molecule has 0 saturated carbocycles. The lowest BCUT2D eigenvalue weighted by molar-refractivity contribution is 0.570.